The van der Waals surface area contributed by atoms with Crippen LogP contribution in [0.15, 0.2) is 40.5 Å². The Balaban J connectivity index is 2.01. The molecule has 0 bridgehead atoms. The van der Waals surface area contributed by atoms with E-state index in [1.807, 2.05) is 30.3 Å². The number of aliphatic imine (C=N–C) groups is 1. The van der Waals surface area contributed by atoms with Crippen molar-refractivity contribution in [2.75, 3.05) is 13.7 Å². The SMILES string of the molecule is COCC1C=C(Cl)NC(c2n[nH]c3ccccc23)=N1. The van der Waals surface area contributed by atoms with Gasteiger partial charge in [0.05, 0.1) is 18.2 Å². The Hall–Kier alpha value is -1.85. The maximum absolute atomic E-state index is 6.09. The molecule has 0 saturated heterocycles. The Morgan fingerprint density at radius 1 is 1.37 bits per heavy atom. The van der Waals surface area contributed by atoms with Gasteiger partial charge in [0.2, 0.25) is 0 Å². The van der Waals surface area contributed by atoms with Gasteiger partial charge >= 0.3 is 0 Å². The second-order valence-electron chi connectivity index (χ2n) is 4.26. The number of nitrogens with zero attached hydrogens (tertiary/aromatic N) is 2. The molecule has 19 heavy (non-hydrogen) atoms. The van der Waals surface area contributed by atoms with E-state index in [2.05, 4.69) is 20.5 Å². The van der Waals surface area contributed by atoms with Gasteiger partial charge in [-0.1, -0.05) is 29.8 Å². The molecule has 1 aromatic carbocycles. The topological polar surface area (TPSA) is 62.3 Å². The van der Waals surface area contributed by atoms with Crippen molar-refractivity contribution in [3.05, 3.63) is 41.2 Å². The van der Waals surface area contributed by atoms with Crippen molar-refractivity contribution in [2.45, 2.75) is 6.04 Å². The summed E-state index contributed by atoms with van der Waals surface area (Å²) < 4.78 is 5.12. The molecule has 0 aliphatic carbocycles. The van der Waals surface area contributed by atoms with Crippen LogP contribution in [0.3, 0.4) is 0 Å². The molecule has 0 fully saturated rings. The van der Waals surface area contributed by atoms with Crippen LogP contribution in [0.25, 0.3) is 10.9 Å². The van der Waals surface area contributed by atoms with Gasteiger partial charge in [-0.25, -0.2) is 0 Å². The standard InChI is InChI=1S/C13H13ClN4O/c1-19-7-8-6-11(14)16-13(15-8)12-9-4-2-3-5-10(9)17-18-12/h2-6,8H,7H2,1H3,(H,15,16)(H,17,18). The van der Waals surface area contributed by atoms with Crippen molar-refractivity contribution < 1.29 is 4.74 Å². The predicted octanol–water partition coefficient (Wildman–Crippen LogP) is 2.01. The van der Waals surface area contributed by atoms with Gasteiger partial charge in [-0.2, -0.15) is 5.10 Å². The van der Waals surface area contributed by atoms with Crippen LogP contribution in [0.2, 0.25) is 0 Å². The highest BCUT2D eigenvalue weighted by molar-refractivity contribution is 6.31. The summed E-state index contributed by atoms with van der Waals surface area (Å²) in [5, 5.41) is 11.9. The van der Waals surface area contributed by atoms with Crippen LogP contribution in [0.5, 0.6) is 0 Å². The van der Waals surface area contributed by atoms with Crippen LogP contribution >= 0.6 is 11.6 Å². The summed E-state index contributed by atoms with van der Waals surface area (Å²) in [6, 6.07) is 7.80. The van der Waals surface area contributed by atoms with Gasteiger partial charge in [-0.3, -0.25) is 10.1 Å². The first kappa shape index (κ1) is 12.2. The first-order valence-corrected chi connectivity index (χ1v) is 6.30. The van der Waals surface area contributed by atoms with Crippen LogP contribution in [0.1, 0.15) is 5.69 Å². The Kier molecular flexibility index (Phi) is 3.23. The number of aromatic amines is 1. The van der Waals surface area contributed by atoms with Crippen LogP contribution in [-0.2, 0) is 4.74 Å². The molecule has 3 rings (SSSR count). The fourth-order valence-electron chi connectivity index (χ4n) is 2.08. The number of rotatable bonds is 3. The van der Waals surface area contributed by atoms with E-state index in [1.54, 1.807) is 7.11 Å². The van der Waals surface area contributed by atoms with E-state index < -0.39 is 0 Å². The van der Waals surface area contributed by atoms with Crippen molar-refractivity contribution in [1.82, 2.24) is 15.5 Å². The van der Waals surface area contributed by atoms with Crippen molar-refractivity contribution >= 4 is 28.3 Å². The molecule has 1 aromatic heterocycles. The molecule has 0 radical (unpaired) electrons. The Morgan fingerprint density at radius 2 is 2.21 bits per heavy atom. The molecule has 98 valence electrons. The number of halogens is 1. The average Bonchev–Trinajstić information content (AvgIpc) is 2.82. The summed E-state index contributed by atoms with van der Waals surface area (Å²) >= 11 is 6.09. The molecule has 2 heterocycles. The lowest BCUT2D eigenvalue weighted by atomic mass is 10.2. The molecule has 2 aromatic rings. The Bertz CT molecular complexity index is 661. The lowest BCUT2D eigenvalue weighted by Gasteiger charge is -2.17. The quantitative estimate of drug-likeness (QED) is 0.843. The van der Waals surface area contributed by atoms with E-state index in [4.69, 9.17) is 16.3 Å². The van der Waals surface area contributed by atoms with E-state index in [1.165, 1.54) is 0 Å². The smallest absolute Gasteiger partial charge is 0.155 e. The summed E-state index contributed by atoms with van der Waals surface area (Å²) in [6.45, 7) is 0.490. The third-order valence-electron chi connectivity index (χ3n) is 2.90. The van der Waals surface area contributed by atoms with Gasteiger partial charge < -0.3 is 10.1 Å². The molecule has 5 nitrogen and oxygen atoms in total. The van der Waals surface area contributed by atoms with E-state index in [-0.39, 0.29) is 6.04 Å². The van der Waals surface area contributed by atoms with E-state index in [0.717, 1.165) is 16.6 Å². The minimum atomic E-state index is -0.0933. The number of ether oxygens (including phenoxy) is 1. The van der Waals surface area contributed by atoms with Gasteiger partial charge in [-0.05, 0) is 12.1 Å². The minimum absolute atomic E-state index is 0.0933. The molecule has 1 unspecified atom stereocenters. The van der Waals surface area contributed by atoms with Crippen LogP contribution < -0.4 is 5.32 Å². The maximum Gasteiger partial charge on any atom is 0.155 e. The number of para-hydroxylation sites is 1. The number of hydrogen-bond acceptors (Lipinski definition) is 4. The highest BCUT2D eigenvalue weighted by atomic mass is 35.5. The maximum atomic E-state index is 6.09. The molecular weight excluding hydrogens is 264 g/mol. The van der Waals surface area contributed by atoms with Gasteiger partial charge in [0, 0.05) is 12.5 Å². The second kappa shape index (κ2) is 5.03. The first-order chi connectivity index (χ1) is 9.28. The summed E-state index contributed by atoms with van der Waals surface area (Å²) in [5.74, 6) is 0.659. The lowest BCUT2D eigenvalue weighted by Crippen LogP contribution is -2.30. The monoisotopic (exact) mass is 276 g/mol. The summed E-state index contributed by atoms with van der Waals surface area (Å²) in [4.78, 5) is 4.55. The zero-order valence-corrected chi connectivity index (χ0v) is 11.1. The van der Waals surface area contributed by atoms with E-state index in [9.17, 15) is 0 Å². The van der Waals surface area contributed by atoms with Crippen LogP contribution in [0.4, 0.5) is 0 Å². The Labute approximate surface area is 115 Å². The minimum Gasteiger partial charge on any atom is -0.382 e. The number of benzene rings is 1. The van der Waals surface area contributed by atoms with Gasteiger partial charge in [0.25, 0.3) is 0 Å². The van der Waals surface area contributed by atoms with Crippen molar-refractivity contribution in [1.29, 1.82) is 0 Å². The summed E-state index contributed by atoms with van der Waals surface area (Å²) in [6.07, 6.45) is 1.82. The van der Waals surface area contributed by atoms with Crippen molar-refractivity contribution in [2.24, 2.45) is 4.99 Å². The lowest BCUT2D eigenvalue weighted by molar-refractivity contribution is 0.192. The molecule has 0 amide bonds. The molecule has 0 saturated carbocycles. The fourth-order valence-corrected chi connectivity index (χ4v) is 2.31. The number of H-pyrrole nitrogens is 1. The molecule has 6 heteroatoms. The highest BCUT2D eigenvalue weighted by Crippen LogP contribution is 2.18. The first-order valence-electron chi connectivity index (χ1n) is 5.92. The zero-order chi connectivity index (χ0) is 13.2. The molecule has 1 atom stereocenters. The number of fused-ring (bicyclic) bond motifs is 1. The van der Waals surface area contributed by atoms with Gasteiger partial charge in [-0.15, -0.1) is 0 Å². The van der Waals surface area contributed by atoms with E-state index in [0.29, 0.717) is 17.6 Å². The average molecular weight is 277 g/mol. The Morgan fingerprint density at radius 3 is 3.05 bits per heavy atom. The van der Waals surface area contributed by atoms with Crippen LogP contribution in [-0.4, -0.2) is 35.8 Å². The molecule has 1 aliphatic rings. The largest absolute Gasteiger partial charge is 0.382 e. The number of methoxy groups -OCH3 is 1. The number of hydrogen-bond donors (Lipinski definition) is 2. The van der Waals surface area contributed by atoms with Gasteiger partial charge in [0.15, 0.2) is 5.84 Å². The fraction of sp³-hybridized carbons (Fsp3) is 0.231. The molecule has 2 N–H and O–H groups in total. The molecule has 1 aliphatic heterocycles. The third-order valence-corrected chi connectivity index (χ3v) is 3.12. The van der Waals surface area contributed by atoms with Crippen LogP contribution in [0, 0.1) is 0 Å². The second-order valence-corrected chi connectivity index (χ2v) is 4.66. The predicted molar refractivity (Wildman–Crippen MR) is 75.4 cm³/mol. The summed E-state index contributed by atoms with van der Waals surface area (Å²) in [7, 11) is 1.64. The van der Waals surface area contributed by atoms with E-state index >= 15 is 0 Å². The summed E-state index contributed by atoms with van der Waals surface area (Å²) in [5.41, 5.74) is 1.74. The third kappa shape index (κ3) is 2.34. The number of aromatic nitrogens is 2. The normalized spacial score (nSPS) is 18.9. The number of amidine groups is 1. The van der Waals surface area contributed by atoms with Gasteiger partial charge in [0.1, 0.15) is 10.9 Å². The molecular formula is C13H13ClN4O. The highest BCUT2D eigenvalue weighted by Gasteiger charge is 2.19. The zero-order valence-electron chi connectivity index (χ0n) is 10.4. The van der Waals surface area contributed by atoms with Crippen molar-refractivity contribution in [3.8, 4) is 0 Å². The van der Waals surface area contributed by atoms with Crippen molar-refractivity contribution in [3.63, 3.8) is 0 Å². The number of nitrogens with one attached hydrogen (secondary N) is 2. The molecule has 0 spiro atoms.